The number of nitrogens with one attached hydrogen (secondary N) is 2. The minimum atomic E-state index is 0.628. The van der Waals surface area contributed by atoms with Gasteiger partial charge in [-0.25, -0.2) is 4.99 Å². The Kier molecular flexibility index (Phi) is 5.59. The van der Waals surface area contributed by atoms with Crippen molar-refractivity contribution in [1.29, 1.82) is 0 Å². The highest BCUT2D eigenvalue weighted by Crippen LogP contribution is 2.26. The smallest absolute Gasteiger partial charge is 0.147 e. The molecule has 3 heterocycles. The van der Waals surface area contributed by atoms with Crippen LogP contribution in [-0.2, 0) is 11.2 Å². The van der Waals surface area contributed by atoms with Crippen LogP contribution in [0.15, 0.2) is 46.9 Å². The van der Waals surface area contributed by atoms with Gasteiger partial charge in [0, 0.05) is 23.7 Å². The van der Waals surface area contributed by atoms with Crippen LogP contribution in [0.4, 0.5) is 0 Å². The van der Waals surface area contributed by atoms with Crippen molar-refractivity contribution in [3.05, 3.63) is 64.6 Å². The van der Waals surface area contributed by atoms with Crippen LogP contribution in [0.5, 0.6) is 0 Å². The van der Waals surface area contributed by atoms with Crippen molar-refractivity contribution in [3.63, 3.8) is 0 Å². The first-order valence-electron chi connectivity index (χ1n) is 9.18. The number of aryl methyl sites for hydroxylation is 2. The zero-order valence-corrected chi connectivity index (χ0v) is 15.4. The van der Waals surface area contributed by atoms with E-state index in [1.165, 1.54) is 30.5 Å². The molecule has 2 aromatic heterocycles. The summed E-state index contributed by atoms with van der Waals surface area (Å²) >= 11 is 0. The van der Waals surface area contributed by atoms with E-state index in [1.807, 2.05) is 31.3 Å². The average Bonchev–Trinajstić information content (AvgIpc) is 3.30. The molecule has 0 spiro atoms. The zero-order chi connectivity index (χ0) is 17.6. The summed E-state index contributed by atoms with van der Waals surface area (Å²) in [4.78, 5) is 11.4. The summed E-state index contributed by atoms with van der Waals surface area (Å²) in [5.74, 6) is 0.826. The highest BCUT2D eigenvalue weighted by molar-refractivity contribution is 6.11. The summed E-state index contributed by atoms with van der Waals surface area (Å²) in [5.41, 5.74) is 6.51. The second kappa shape index (κ2) is 8.06. The lowest BCUT2D eigenvalue weighted by Gasteiger charge is -2.03. The number of aliphatic imine (C=N–C) groups is 1. The molecule has 0 bridgehead atoms. The lowest BCUT2D eigenvalue weighted by atomic mass is 10.1. The van der Waals surface area contributed by atoms with Gasteiger partial charge < -0.3 is 14.7 Å². The molecule has 1 aliphatic rings. The molecule has 4 heteroatoms. The predicted octanol–water partition coefficient (Wildman–Crippen LogP) is 5.15. The summed E-state index contributed by atoms with van der Waals surface area (Å²) in [6.45, 7) is 7.00. The molecule has 0 unspecified atom stereocenters. The maximum absolute atomic E-state index is 5.78. The fourth-order valence-electron chi connectivity index (χ4n) is 3.10. The Balaban J connectivity index is 1.84. The molecule has 2 N–H and O–H groups in total. The average molecular weight is 337 g/mol. The van der Waals surface area contributed by atoms with Crippen molar-refractivity contribution in [2.75, 3.05) is 6.61 Å². The molecule has 0 amide bonds. The standard InChI is InChI=1S/C21H27N3O/c1-4-6-7-9-16-12-17(23-15(16)3)13-20-21(25-5-2)14-19(24-20)18-10-8-11-22-18/h8,10-14,22-23H,4-7,9H2,1-3H3/b20-13-. The van der Waals surface area contributed by atoms with Crippen molar-refractivity contribution >= 4 is 11.8 Å². The molecule has 0 aromatic carbocycles. The Labute approximate surface area is 149 Å². The largest absolute Gasteiger partial charge is 0.492 e. The van der Waals surface area contributed by atoms with Gasteiger partial charge in [0.25, 0.3) is 0 Å². The fourth-order valence-corrected chi connectivity index (χ4v) is 3.10. The van der Waals surface area contributed by atoms with Crippen LogP contribution in [0.2, 0.25) is 0 Å². The number of rotatable bonds is 8. The quantitative estimate of drug-likeness (QED) is 0.643. The normalized spacial score (nSPS) is 15.6. The van der Waals surface area contributed by atoms with Gasteiger partial charge in [-0.2, -0.15) is 0 Å². The Morgan fingerprint density at radius 3 is 2.84 bits per heavy atom. The zero-order valence-electron chi connectivity index (χ0n) is 15.4. The molecular formula is C21H27N3O. The molecule has 25 heavy (non-hydrogen) atoms. The molecule has 4 nitrogen and oxygen atoms in total. The topological polar surface area (TPSA) is 53.2 Å². The van der Waals surface area contributed by atoms with Crippen molar-refractivity contribution in [1.82, 2.24) is 9.97 Å². The molecule has 132 valence electrons. The lowest BCUT2D eigenvalue weighted by molar-refractivity contribution is 0.239. The van der Waals surface area contributed by atoms with E-state index in [0.717, 1.165) is 35.0 Å². The van der Waals surface area contributed by atoms with E-state index in [-0.39, 0.29) is 0 Å². The van der Waals surface area contributed by atoms with Gasteiger partial charge in [0.15, 0.2) is 0 Å². The second-order valence-corrected chi connectivity index (χ2v) is 6.38. The third-order valence-electron chi connectivity index (χ3n) is 4.42. The summed E-state index contributed by atoms with van der Waals surface area (Å²) in [7, 11) is 0. The van der Waals surface area contributed by atoms with Crippen LogP contribution < -0.4 is 0 Å². The maximum Gasteiger partial charge on any atom is 0.147 e. The van der Waals surface area contributed by atoms with Gasteiger partial charge in [0.05, 0.1) is 18.0 Å². The van der Waals surface area contributed by atoms with Gasteiger partial charge >= 0.3 is 0 Å². The Bertz CT molecular complexity index is 791. The highest BCUT2D eigenvalue weighted by Gasteiger charge is 2.18. The number of H-pyrrole nitrogens is 2. The van der Waals surface area contributed by atoms with E-state index in [2.05, 4.69) is 36.0 Å². The number of unbranched alkanes of at least 4 members (excludes halogenated alkanes) is 2. The number of hydrogen-bond acceptors (Lipinski definition) is 2. The van der Waals surface area contributed by atoms with Gasteiger partial charge in [-0.05, 0) is 56.5 Å². The Morgan fingerprint density at radius 2 is 2.12 bits per heavy atom. The lowest BCUT2D eigenvalue weighted by Crippen LogP contribution is -1.94. The van der Waals surface area contributed by atoms with E-state index >= 15 is 0 Å². The van der Waals surface area contributed by atoms with E-state index in [4.69, 9.17) is 9.73 Å². The van der Waals surface area contributed by atoms with Crippen LogP contribution in [0.3, 0.4) is 0 Å². The molecule has 0 radical (unpaired) electrons. The maximum atomic E-state index is 5.78. The van der Waals surface area contributed by atoms with E-state index in [0.29, 0.717) is 6.61 Å². The molecule has 1 aliphatic heterocycles. The van der Waals surface area contributed by atoms with Crippen molar-refractivity contribution in [3.8, 4) is 0 Å². The third-order valence-corrected chi connectivity index (χ3v) is 4.42. The monoisotopic (exact) mass is 337 g/mol. The first kappa shape index (κ1) is 17.3. The first-order valence-corrected chi connectivity index (χ1v) is 9.18. The number of ether oxygens (including phenoxy) is 1. The van der Waals surface area contributed by atoms with Gasteiger partial charge in [-0.1, -0.05) is 19.8 Å². The third kappa shape index (κ3) is 4.13. The van der Waals surface area contributed by atoms with Gasteiger partial charge in [0.2, 0.25) is 0 Å². The summed E-state index contributed by atoms with van der Waals surface area (Å²) < 4.78 is 5.78. The number of allylic oxidation sites excluding steroid dienone is 1. The Hall–Kier alpha value is -2.49. The summed E-state index contributed by atoms with van der Waals surface area (Å²) in [5, 5.41) is 0. The molecule has 0 aliphatic carbocycles. The van der Waals surface area contributed by atoms with Crippen LogP contribution in [0.25, 0.3) is 6.08 Å². The highest BCUT2D eigenvalue weighted by atomic mass is 16.5. The van der Waals surface area contributed by atoms with Crippen molar-refractivity contribution < 1.29 is 4.74 Å². The summed E-state index contributed by atoms with van der Waals surface area (Å²) in [6.07, 6.45) is 10.9. The van der Waals surface area contributed by atoms with Crippen molar-refractivity contribution in [2.45, 2.75) is 46.5 Å². The van der Waals surface area contributed by atoms with Crippen LogP contribution in [-0.4, -0.2) is 22.3 Å². The van der Waals surface area contributed by atoms with Gasteiger partial charge in [0.1, 0.15) is 11.5 Å². The molecule has 3 rings (SSSR count). The number of nitrogens with zero attached hydrogens (tertiary/aromatic N) is 1. The summed E-state index contributed by atoms with van der Waals surface area (Å²) in [6, 6.07) is 6.24. The van der Waals surface area contributed by atoms with Crippen LogP contribution in [0.1, 0.15) is 55.8 Å². The molecule has 0 fully saturated rings. The van der Waals surface area contributed by atoms with Crippen LogP contribution in [0, 0.1) is 6.92 Å². The molecular weight excluding hydrogens is 310 g/mol. The second-order valence-electron chi connectivity index (χ2n) is 6.38. The predicted molar refractivity (Wildman–Crippen MR) is 104 cm³/mol. The minimum absolute atomic E-state index is 0.628. The number of aromatic amines is 2. The van der Waals surface area contributed by atoms with E-state index in [1.54, 1.807) is 0 Å². The molecule has 2 aromatic rings. The van der Waals surface area contributed by atoms with Crippen molar-refractivity contribution in [2.24, 2.45) is 4.99 Å². The van der Waals surface area contributed by atoms with Gasteiger partial charge in [-0.15, -0.1) is 0 Å². The first-order chi connectivity index (χ1) is 12.2. The fraction of sp³-hybridized carbons (Fsp3) is 0.381. The SMILES string of the molecule is CCCCCc1cc(/C=C2\N=C(c3ccc[nH]3)C=C2OCC)[nH]c1C. The Morgan fingerprint density at radius 1 is 1.24 bits per heavy atom. The molecule has 0 saturated carbocycles. The minimum Gasteiger partial charge on any atom is -0.492 e. The van der Waals surface area contributed by atoms with Crippen LogP contribution >= 0.6 is 0 Å². The van der Waals surface area contributed by atoms with E-state index in [9.17, 15) is 0 Å². The molecule has 0 saturated heterocycles. The van der Waals surface area contributed by atoms with Gasteiger partial charge in [-0.3, -0.25) is 0 Å². The van der Waals surface area contributed by atoms with E-state index < -0.39 is 0 Å². The number of hydrogen-bond donors (Lipinski definition) is 2. The number of aromatic nitrogens is 2. The molecule has 0 atom stereocenters.